The third-order valence-electron chi connectivity index (χ3n) is 2.35. The van der Waals surface area contributed by atoms with Crippen LogP contribution in [0.5, 0.6) is 0 Å². The number of hydrogen-bond donors (Lipinski definition) is 0. The van der Waals surface area contributed by atoms with Crippen molar-refractivity contribution in [3.63, 3.8) is 0 Å². The normalized spacial score (nSPS) is 18.6. The molecular formula is C10H11BrN2O. The third-order valence-corrected chi connectivity index (χ3v) is 2.79. The van der Waals surface area contributed by atoms with Crippen molar-refractivity contribution in [3.05, 3.63) is 28.5 Å². The highest BCUT2D eigenvalue weighted by atomic mass is 79.9. The Hall–Kier alpha value is -0.740. The zero-order valence-electron chi connectivity index (χ0n) is 7.69. The summed E-state index contributed by atoms with van der Waals surface area (Å²) >= 11 is 3.34. The molecule has 0 radical (unpaired) electrons. The molecule has 3 nitrogen and oxygen atoms in total. The van der Waals surface area contributed by atoms with Gasteiger partial charge < -0.3 is 4.74 Å². The lowest BCUT2D eigenvalue weighted by Crippen LogP contribution is -2.32. The first-order valence-corrected chi connectivity index (χ1v) is 5.26. The molecule has 2 heterocycles. The smallest absolute Gasteiger partial charge is 0.106 e. The standard InChI is InChI=1S/C10H11BrN2O/c1-12-10(7-5-14-6-7)8-3-2-4-9(11)13-8/h2-4,7,10H,1,5-6H2. The Balaban J connectivity index is 2.21. The van der Waals surface area contributed by atoms with E-state index in [4.69, 9.17) is 4.74 Å². The Bertz CT molecular complexity index is 339. The summed E-state index contributed by atoms with van der Waals surface area (Å²) in [7, 11) is 0. The molecule has 1 aromatic heterocycles. The van der Waals surface area contributed by atoms with E-state index in [2.05, 4.69) is 32.6 Å². The van der Waals surface area contributed by atoms with Crippen molar-refractivity contribution in [1.29, 1.82) is 0 Å². The van der Waals surface area contributed by atoms with Crippen LogP contribution in [0.3, 0.4) is 0 Å². The van der Waals surface area contributed by atoms with Crippen LogP contribution in [-0.4, -0.2) is 24.9 Å². The largest absolute Gasteiger partial charge is 0.380 e. The summed E-state index contributed by atoms with van der Waals surface area (Å²) in [5.74, 6) is 0.439. The van der Waals surface area contributed by atoms with E-state index in [1.807, 2.05) is 18.2 Å². The molecule has 0 bridgehead atoms. The van der Waals surface area contributed by atoms with Crippen LogP contribution < -0.4 is 0 Å². The maximum atomic E-state index is 5.14. The van der Waals surface area contributed by atoms with Gasteiger partial charge in [-0.1, -0.05) is 6.07 Å². The van der Waals surface area contributed by atoms with Gasteiger partial charge in [-0.3, -0.25) is 4.99 Å². The van der Waals surface area contributed by atoms with Gasteiger partial charge in [0.2, 0.25) is 0 Å². The van der Waals surface area contributed by atoms with Crippen LogP contribution in [0.25, 0.3) is 0 Å². The van der Waals surface area contributed by atoms with Crippen LogP contribution in [0, 0.1) is 5.92 Å². The molecule has 0 saturated carbocycles. The minimum Gasteiger partial charge on any atom is -0.380 e. The summed E-state index contributed by atoms with van der Waals surface area (Å²) in [6.07, 6.45) is 0. The van der Waals surface area contributed by atoms with Gasteiger partial charge in [0.1, 0.15) is 4.60 Å². The molecule has 1 aromatic rings. The Labute approximate surface area is 91.3 Å². The summed E-state index contributed by atoms with van der Waals surface area (Å²) in [5.41, 5.74) is 0.961. The van der Waals surface area contributed by atoms with Gasteiger partial charge in [0.15, 0.2) is 0 Å². The van der Waals surface area contributed by atoms with Crippen molar-refractivity contribution >= 4 is 22.6 Å². The minimum absolute atomic E-state index is 0.0706. The van der Waals surface area contributed by atoms with E-state index in [0.717, 1.165) is 23.5 Å². The predicted molar refractivity (Wildman–Crippen MR) is 58.5 cm³/mol. The average molecular weight is 255 g/mol. The lowest BCUT2D eigenvalue weighted by atomic mass is 9.95. The molecule has 1 aliphatic rings. The SMILES string of the molecule is C=NC(c1cccc(Br)n1)C1COC1. The van der Waals surface area contributed by atoms with Gasteiger partial charge >= 0.3 is 0 Å². The zero-order chi connectivity index (χ0) is 9.97. The molecule has 1 aliphatic heterocycles. The van der Waals surface area contributed by atoms with E-state index in [0.29, 0.717) is 5.92 Å². The van der Waals surface area contributed by atoms with Crippen molar-refractivity contribution in [3.8, 4) is 0 Å². The number of aromatic nitrogens is 1. The minimum atomic E-state index is 0.0706. The molecule has 0 aromatic carbocycles. The molecule has 14 heavy (non-hydrogen) atoms. The quantitative estimate of drug-likeness (QED) is 0.613. The molecule has 0 aliphatic carbocycles. The van der Waals surface area contributed by atoms with Crippen LogP contribution >= 0.6 is 15.9 Å². The van der Waals surface area contributed by atoms with Crippen molar-refractivity contribution < 1.29 is 4.74 Å². The van der Waals surface area contributed by atoms with Gasteiger partial charge in [0, 0.05) is 5.92 Å². The highest BCUT2D eigenvalue weighted by Gasteiger charge is 2.29. The van der Waals surface area contributed by atoms with E-state index < -0.39 is 0 Å². The summed E-state index contributed by atoms with van der Waals surface area (Å²) in [5, 5.41) is 0. The topological polar surface area (TPSA) is 34.5 Å². The summed E-state index contributed by atoms with van der Waals surface area (Å²) < 4.78 is 5.98. The van der Waals surface area contributed by atoms with Crippen LogP contribution in [0.4, 0.5) is 0 Å². The molecule has 0 amide bonds. The number of aliphatic imine (C=N–C) groups is 1. The second kappa shape index (κ2) is 4.19. The fraction of sp³-hybridized carbons (Fsp3) is 0.400. The first kappa shape index (κ1) is 9.80. The molecule has 4 heteroatoms. The monoisotopic (exact) mass is 254 g/mol. The molecular weight excluding hydrogens is 244 g/mol. The van der Waals surface area contributed by atoms with Crippen molar-refractivity contribution in [1.82, 2.24) is 4.98 Å². The van der Waals surface area contributed by atoms with E-state index in [9.17, 15) is 0 Å². The number of nitrogens with zero attached hydrogens (tertiary/aromatic N) is 2. The molecule has 1 saturated heterocycles. The number of hydrogen-bond acceptors (Lipinski definition) is 3. The highest BCUT2D eigenvalue weighted by molar-refractivity contribution is 9.10. The van der Waals surface area contributed by atoms with Crippen molar-refractivity contribution in [2.24, 2.45) is 10.9 Å². The number of halogens is 1. The Morgan fingerprint density at radius 2 is 2.36 bits per heavy atom. The number of ether oxygens (including phenoxy) is 1. The summed E-state index contributed by atoms with van der Waals surface area (Å²) in [6.45, 7) is 5.13. The van der Waals surface area contributed by atoms with Gasteiger partial charge in [-0.2, -0.15) is 0 Å². The van der Waals surface area contributed by atoms with Crippen LogP contribution in [-0.2, 0) is 4.74 Å². The number of rotatable bonds is 3. The van der Waals surface area contributed by atoms with Crippen molar-refractivity contribution in [2.45, 2.75) is 6.04 Å². The molecule has 0 N–H and O–H groups in total. The van der Waals surface area contributed by atoms with Gasteiger partial charge in [-0.15, -0.1) is 0 Å². The molecule has 1 unspecified atom stereocenters. The maximum absolute atomic E-state index is 5.14. The van der Waals surface area contributed by atoms with E-state index in [-0.39, 0.29) is 6.04 Å². The number of pyridine rings is 1. The van der Waals surface area contributed by atoms with Gasteiger partial charge in [0.25, 0.3) is 0 Å². The fourth-order valence-corrected chi connectivity index (χ4v) is 1.87. The van der Waals surface area contributed by atoms with Crippen LogP contribution in [0.2, 0.25) is 0 Å². The summed E-state index contributed by atoms with van der Waals surface area (Å²) in [6, 6.07) is 5.91. The van der Waals surface area contributed by atoms with E-state index >= 15 is 0 Å². The molecule has 74 valence electrons. The third kappa shape index (κ3) is 1.86. The first-order valence-electron chi connectivity index (χ1n) is 4.47. The predicted octanol–water partition coefficient (Wildman–Crippen LogP) is 2.23. The molecule has 0 spiro atoms. The molecule has 1 fully saturated rings. The molecule has 1 atom stereocenters. The lowest BCUT2D eigenvalue weighted by molar-refractivity contribution is -0.0442. The van der Waals surface area contributed by atoms with Gasteiger partial charge in [0.05, 0.1) is 24.9 Å². The molecule has 2 rings (SSSR count). The summed E-state index contributed by atoms with van der Waals surface area (Å²) in [4.78, 5) is 8.48. The average Bonchev–Trinajstić information content (AvgIpc) is 2.10. The van der Waals surface area contributed by atoms with Crippen molar-refractivity contribution in [2.75, 3.05) is 13.2 Å². The van der Waals surface area contributed by atoms with Gasteiger partial charge in [-0.25, -0.2) is 4.98 Å². The van der Waals surface area contributed by atoms with Gasteiger partial charge in [-0.05, 0) is 34.8 Å². The second-order valence-electron chi connectivity index (χ2n) is 3.31. The second-order valence-corrected chi connectivity index (χ2v) is 4.12. The highest BCUT2D eigenvalue weighted by Crippen LogP contribution is 2.30. The fourth-order valence-electron chi connectivity index (χ4n) is 1.51. The Kier molecular flexibility index (Phi) is 2.93. The first-order chi connectivity index (χ1) is 6.81. The van der Waals surface area contributed by atoms with Crippen LogP contribution in [0.1, 0.15) is 11.7 Å². The maximum Gasteiger partial charge on any atom is 0.106 e. The zero-order valence-corrected chi connectivity index (χ0v) is 9.27. The Morgan fingerprint density at radius 1 is 1.57 bits per heavy atom. The van der Waals surface area contributed by atoms with Crippen LogP contribution in [0.15, 0.2) is 27.8 Å². The van der Waals surface area contributed by atoms with E-state index in [1.54, 1.807) is 0 Å². The lowest BCUT2D eigenvalue weighted by Gasteiger charge is -2.30. The Morgan fingerprint density at radius 3 is 2.86 bits per heavy atom. The van der Waals surface area contributed by atoms with E-state index in [1.165, 1.54) is 0 Å².